The van der Waals surface area contributed by atoms with Gasteiger partial charge in [0.2, 0.25) is 0 Å². The summed E-state index contributed by atoms with van der Waals surface area (Å²) >= 11 is 0. The lowest BCUT2D eigenvalue weighted by atomic mass is 9.80. The monoisotopic (exact) mass is 396 g/mol. The third-order valence-corrected chi connectivity index (χ3v) is 4.83. The summed E-state index contributed by atoms with van der Waals surface area (Å²) in [5, 5.41) is 0. The molecule has 1 aliphatic rings. The van der Waals surface area contributed by atoms with Crippen molar-refractivity contribution in [3.8, 4) is 11.5 Å². The van der Waals surface area contributed by atoms with Crippen molar-refractivity contribution >= 4 is 18.0 Å². The van der Waals surface area contributed by atoms with E-state index in [1.165, 1.54) is 7.11 Å². The smallest absolute Gasteiger partial charge is 0.344 e. The minimum Gasteiger partial charge on any atom is -0.497 e. The van der Waals surface area contributed by atoms with Gasteiger partial charge in [-0.3, -0.25) is 0 Å². The lowest BCUT2D eigenvalue weighted by Gasteiger charge is -2.25. The molecule has 0 aliphatic heterocycles. The first kappa shape index (κ1) is 20.5. The molecule has 0 bridgehead atoms. The molecule has 1 unspecified atom stereocenters. The molecule has 2 aromatic carbocycles. The number of esters is 2. The summed E-state index contributed by atoms with van der Waals surface area (Å²) in [5.74, 6) is 0.166. The van der Waals surface area contributed by atoms with Gasteiger partial charge in [-0.05, 0) is 48.2 Å². The summed E-state index contributed by atoms with van der Waals surface area (Å²) in [6.07, 6.45) is 4.74. The van der Waals surface area contributed by atoms with Crippen molar-refractivity contribution in [1.82, 2.24) is 0 Å². The number of benzene rings is 2. The van der Waals surface area contributed by atoms with Gasteiger partial charge in [0.25, 0.3) is 0 Å². The summed E-state index contributed by atoms with van der Waals surface area (Å²) < 4.78 is 20.7. The SMILES string of the molecule is CCOC(=O)COc1ccc2c(c1C(=O)OC)C=CCC2c1ccc(OC)cc1. The summed E-state index contributed by atoms with van der Waals surface area (Å²) in [5.41, 5.74) is 3.17. The Morgan fingerprint density at radius 3 is 2.48 bits per heavy atom. The van der Waals surface area contributed by atoms with Gasteiger partial charge in [0, 0.05) is 5.92 Å². The maximum absolute atomic E-state index is 12.5. The number of hydrogen-bond acceptors (Lipinski definition) is 6. The molecule has 1 atom stereocenters. The lowest BCUT2D eigenvalue weighted by Crippen LogP contribution is -2.18. The predicted molar refractivity (Wildman–Crippen MR) is 108 cm³/mol. The van der Waals surface area contributed by atoms with Crippen molar-refractivity contribution in [3.63, 3.8) is 0 Å². The van der Waals surface area contributed by atoms with Gasteiger partial charge in [-0.25, -0.2) is 9.59 Å². The molecule has 1 aliphatic carbocycles. The summed E-state index contributed by atoms with van der Waals surface area (Å²) in [7, 11) is 2.96. The molecule has 3 rings (SSSR count). The van der Waals surface area contributed by atoms with Crippen LogP contribution in [0.4, 0.5) is 0 Å². The van der Waals surface area contributed by atoms with Gasteiger partial charge in [0.15, 0.2) is 6.61 Å². The number of fused-ring (bicyclic) bond motifs is 1. The Labute approximate surface area is 170 Å². The molecule has 0 radical (unpaired) electrons. The third kappa shape index (κ3) is 4.42. The van der Waals surface area contributed by atoms with E-state index in [4.69, 9.17) is 18.9 Å². The summed E-state index contributed by atoms with van der Waals surface area (Å²) in [4.78, 5) is 24.2. The second-order valence-electron chi connectivity index (χ2n) is 6.49. The van der Waals surface area contributed by atoms with E-state index in [1.54, 1.807) is 20.1 Å². The highest BCUT2D eigenvalue weighted by atomic mass is 16.6. The second-order valence-corrected chi connectivity index (χ2v) is 6.49. The van der Waals surface area contributed by atoms with Crippen LogP contribution in [0.25, 0.3) is 6.08 Å². The largest absolute Gasteiger partial charge is 0.497 e. The molecule has 0 N–H and O–H groups in total. The molecule has 6 nitrogen and oxygen atoms in total. The standard InChI is InChI=1S/C23H24O6/c1-4-28-21(24)14-29-20-13-12-18-17(15-8-10-16(26-2)11-9-15)6-5-7-19(18)22(20)23(25)27-3/h5,7-13,17H,4,6,14H2,1-3H3. The molecule has 0 amide bonds. The Hall–Kier alpha value is -3.28. The van der Waals surface area contributed by atoms with Crippen molar-refractivity contribution in [2.24, 2.45) is 0 Å². The van der Waals surface area contributed by atoms with Crippen molar-refractivity contribution in [2.45, 2.75) is 19.3 Å². The topological polar surface area (TPSA) is 71.1 Å². The first-order valence-electron chi connectivity index (χ1n) is 9.43. The van der Waals surface area contributed by atoms with Gasteiger partial charge in [-0.15, -0.1) is 0 Å². The van der Waals surface area contributed by atoms with Crippen molar-refractivity contribution < 1.29 is 28.5 Å². The van der Waals surface area contributed by atoms with Crippen molar-refractivity contribution in [2.75, 3.05) is 27.4 Å². The molecule has 152 valence electrons. The van der Waals surface area contributed by atoms with E-state index in [1.807, 2.05) is 42.5 Å². The maximum Gasteiger partial charge on any atom is 0.344 e. The van der Waals surface area contributed by atoms with Gasteiger partial charge in [-0.2, -0.15) is 0 Å². The normalized spacial score (nSPS) is 14.7. The Morgan fingerprint density at radius 2 is 1.83 bits per heavy atom. The van der Waals surface area contributed by atoms with Crippen LogP contribution in [-0.4, -0.2) is 39.4 Å². The summed E-state index contributed by atoms with van der Waals surface area (Å²) in [6.45, 7) is 1.71. The fourth-order valence-corrected chi connectivity index (χ4v) is 3.47. The highest BCUT2D eigenvalue weighted by Gasteiger charge is 2.27. The lowest BCUT2D eigenvalue weighted by molar-refractivity contribution is -0.145. The average Bonchev–Trinajstić information content (AvgIpc) is 2.76. The molecule has 2 aromatic rings. The van der Waals surface area contributed by atoms with E-state index in [-0.39, 0.29) is 19.1 Å². The van der Waals surface area contributed by atoms with Crippen LogP contribution in [0.15, 0.2) is 42.5 Å². The zero-order valence-electron chi connectivity index (χ0n) is 16.8. The first-order chi connectivity index (χ1) is 14.1. The van der Waals surface area contributed by atoms with E-state index in [0.29, 0.717) is 11.3 Å². The molecule has 6 heteroatoms. The van der Waals surface area contributed by atoms with Crippen LogP contribution < -0.4 is 9.47 Å². The predicted octanol–water partition coefficient (Wildman–Crippen LogP) is 3.97. The minimum absolute atomic E-state index is 0.0865. The Balaban J connectivity index is 1.99. The van der Waals surface area contributed by atoms with Crippen LogP contribution in [-0.2, 0) is 14.3 Å². The van der Waals surface area contributed by atoms with Crippen LogP contribution in [0.2, 0.25) is 0 Å². The third-order valence-electron chi connectivity index (χ3n) is 4.83. The van der Waals surface area contributed by atoms with Crippen LogP contribution in [0, 0.1) is 0 Å². The molecule has 0 fully saturated rings. The number of ether oxygens (including phenoxy) is 4. The van der Waals surface area contributed by atoms with E-state index in [9.17, 15) is 9.59 Å². The highest BCUT2D eigenvalue weighted by molar-refractivity contribution is 5.97. The molecule has 0 saturated heterocycles. The molecule has 0 heterocycles. The van der Waals surface area contributed by atoms with Crippen LogP contribution in [0.3, 0.4) is 0 Å². The van der Waals surface area contributed by atoms with E-state index in [0.717, 1.165) is 28.9 Å². The van der Waals surface area contributed by atoms with E-state index >= 15 is 0 Å². The first-order valence-corrected chi connectivity index (χ1v) is 9.43. The highest BCUT2D eigenvalue weighted by Crippen LogP contribution is 2.40. The van der Waals surface area contributed by atoms with Crippen molar-refractivity contribution in [1.29, 1.82) is 0 Å². The molecule has 0 spiro atoms. The number of carbonyl (C=O) groups excluding carboxylic acids is 2. The van der Waals surface area contributed by atoms with E-state index < -0.39 is 11.9 Å². The molecule has 0 aromatic heterocycles. The van der Waals surface area contributed by atoms with Gasteiger partial charge >= 0.3 is 11.9 Å². The zero-order valence-corrected chi connectivity index (χ0v) is 16.8. The number of allylic oxidation sites excluding steroid dienone is 1. The maximum atomic E-state index is 12.5. The fraction of sp³-hybridized carbons (Fsp3) is 0.304. The Morgan fingerprint density at radius 1 is 1.07 bits per heavy atom. The fourth-order valence-electron chi connectivity index (χ4n) is 3.47. The quantitative estimate of drug-likeness (QED) is 0.660. The molecular formula is C23H24O6. The average molecular weight is 396 g/mol. The van der Waals surface area contributed by atoms with Gasteiger partial charge in [-0.1, -0.05) is 30.4 Å². The van der Waals surface area contributed by atoms with Gasteiger partial charge < -0.3 is 18.9 Å². The molecular weight excluding hydrogens is 372 g/mol. The summed E-state index contributed by atoms with van der Waals surface area (Å²) in [6, 6.07) is 11.5. The zero-order chi connectivity index (χ0) is 20.8. The van der Waals surface area contributed by atoms with Crippen molar-refractivity contribution in [3.05, 3.63) is 64.7 Å². The molecule has 0 saturated carbocycles. The van der Waals surface area contributed by atoms with Gasteiger partial charge in [0.05, 0.1) is 20.8 Å². The number of rotatable bonds is 7. The van der Waals surface area contributed by atoms with E-state index in [2.05, 4.69) is 0 Å². The van der Waals surface area contributed by atoms with Gasteiger partial charge in [0.1, 0.15) is 17.1 Å². The number of carbonyl (C=O) groups is 2. The number of methoxy groups -OCH3 is 2. The second kappa shape index (κ2) is 9.28. The Bertz CT molecular complexity index is 914. The number of hydrogen-bond donors (Lipinski definition) is 0. The van der Waals surface area contributed by atoms with Crippen LogP contribution in [0.5, 0.6) is 11.5 Å². The van der Waals surface area contributed by atoms with Crippen LogP contribution in [0.1, 0.15) is 46.3 Å². The Kier molecular flexibility index (Phi) is 6.54. The molecule has 29 heavy (non-hydrogen) atoms. The van der Waals surface area contributed by atoms with Crippen LogP contribution >= 0.6 is 0 Å². The minimum atomic E-state index is -0.513.